The Morgan fingerprint density at radius 2 is 1.81 bits per heavy atom. The van der Waals surface area contributed by atoms with Gasteiger partial charge in [-0.15, -0.1) is 0 Å². The van der Waals surface area contributed by atoms with Crippen LogP contribution < -0.4 is 10.0 Å². The molecule has 2 N–H and O–H groups in total. The van der Waals surface area contributed by atoms with Crippen LogP contribution >= 0.6 is 0 Å². The van der Waals surface area contributed by atoms with Crippen molar-refractivity contribution in [2.24, 2.45) is 0 Å². The monoisotopic (exact) mass is 396 g/mol. The minimum atomic E-state index is -3.93. The summed E-state index contributed by atoms with van der Waals surface area (Å²) < 4.78 is 26.2. The highest BCUT2D eigenvalue weighted by Crippen LogP contribution is 2.12. The molecule has 1 aromatic rings. The molecule has 0 aliphatic carbocycles. The third kappa shape index (κ3) is 5.68. The topological polar surface area (TPSA) is 116 Å². The number of imide groups is 1. The van der Waals surface area contributed by atoms with Gasteiger partial charge in [0.15, 0.2) is 0 Å². The highest BCUT2D eigenvalue weighted by atomic mass is 32.2. The third-order valence-corrected chi connectivity index (χ3v) is 5.46. The maximum Gasteiger partial charge on any atom is 0.330 e. The summed E-state index contributed by atoms with van der Waals surface area (Å²) in [4.78, 5) is 37.6. The number of sulfonamides is 1. The first kappa shape index (κ1) is 20.7. The summed E-state index contributed by atoms with van der Waals surface area (Å²) in [6, 6.07) is 4.91. The lowest BCUT2D eigenvalue weighted by molar-refractivity contribution is -0.130. The number of likely N-dealkylation sites (tertiary alicyclic amines) is 1. The summed E-state index contributed by atoms with van der Waals surface area (Å²) >= 11 is 0. The maximum absolute atomic E-state index is 12.1. The highest BCUT2D eigenvalue weighted by molar-refractivity contribution is 7.90. The molecule has 0 aromatic heterocycles. The van der Waals surface area contributed by atoms with Gasteiger partial charge in [0.1, 0.15) is 0 Å². The Kier molecular flexibility index (Phi) is 6.78. The van der Waals surface area contributed by atoms with E-state index in [4.69, 9.17) is 0 Å². The molecule has 1 heterocycles. The van der Waals surface area contributed by atoms with E-state index >= 15 is 0 Å². The predicted molar refractivity (Wildman–Crippen MR) is 98.5 cm³/mol. The standard InChI is InChI=1S/C17H24N4O5S/c1-20(2)17(24)19-27(25,26)14-8-6-13(7-9-14)10-11-18-16(23)21-12-4-3-5-15(21)22/h6-9H,3-5,10-12H2,1-2H3,(H,18,23)(H,19,24). The molecule has 0 unspecified atom stereocenters. The Hall–Kier alpha value is -2.62. The van der Waals surface area contributed by atoms with Crippen molar-refractivity contribution in [3.63, 3.8) is 0 Å². The smallest absolute Gasteiger partial charge is 0.330 e. The van der Waals surface area contributed by atoms with E-state index in [9.17, 15) is 22.8 Å². The number of hydrogen-bond acceptors (Lipinski definition) is 5. The van der Waals surface area contributed by atoms with E-state index in [-0.39, 0.29) is 10.8 Å². The molecule has 0 bridgehead atoms. The van der Waals surface area contributed by atoms with Gasteiger partial charge in [0.2, 0.25) is 5.91 Å². The predicted octanol–water partition coefficient (Wildman–Crippen LogP) is 0.911. The van der Waals surface area contributed by atoms with Crippen molar-refractivity contribution in [2.45, 2.75) is 30.6 Å². The van der Waals surface area contributed by atoms with Crippen molar-refractivity contribution < 1.29 is 22.8 Å². The van der Waals surface area contributed by atoms with Crippen LogP contribution in [0.25, 0.3) is 0 Å². The van der Waals surface area contributed by atoms with Gasteiger partial charge in [-0.05, 0) is 37.0 Å². The summed E-state index contributed by atoms with van der Waals surface area (Å²) in [5.41, 5.74) is 0.818. The van der Waals surface area contributed by atoms with Gasteiger partial charge in [0, 0.05) is 33.6 Å². The Labute approximate surface area is 158 Å². The van der Waals surface area contributed by atoms with E-state index in [0.29, 0.717) is 25.9 Å². The number of carbonyl (C=O) groups excluding carboxylic acids is 3. The number of hydrogen-bond donors (Lipinski definition) is 2. The zero-order chi connectivity index (χ0) is 20.0. The minimum Gasteiger partial charge on any atom is -0.337 e. The van der Waals surface area contributed by atoms with Gasteiger partial charge < -0.3 is 10.2 Å². The van der Waals surface area contributed by atoms with E-state index in [0.717, 1.165) is 23.3 Å². The second kappa shape index (κ2) is 8.85. The molecule has 1 fully saturated rings. The van der Waals surface area contributed by atoms with Gasteiger partial charge in [-0.3, -0.25) is 9.69 Å². The molecular formula is C17H24N4O5S. The molecule has 148 valence electrons. The fraction of sp³-hybridized carbons (Fsp3) is 0.471. The maximum atomic E-state index is 12.1. The molecule has 1 saturated heterocycles. The lowest BCUT2D eigenvalue weighted by Gasteiger charge is -2.24. The molecular weight excluding hydrogens is 372 g/mol. The number of amides is 5. The van der Waals surface area contributed by atoms with E-state index in [1.54, 1.807) is 12.1 Å². The Bertz CT molecular complexity index is 805. The van der Waals surface area contributed by atoms with Gasteiger partial charge in [0.25, 0.3) is 10.0 Å². The molecule has 27 heavy (non-hydrogen) atoms. The normalized spacial score (nSPS) is 14.6. The summed E-state index contributed by atoms with van der Waals surface area (Å²) in [5.74, 6) is -0.159. The number of nitrogens with zero attached hydrogens (tertiary/aromatic N) is 2. The number of nitrogens with one attached hydrogen (secondary N) is 2. The summed E-state index contributed by atoms with van der Waals surface area (Å²) in [6.45, 7) is 0.766. The molecule has 0 atom stereocenters. The van der Waals surface area contributed by atoms with Crippen LogP contribution in [0.4, 0.5) is 9.59 Å². The summed E-state index contributed by atoms with van der Waals surface area (Å²) in [7, 11) is -1.04. The van der Waals surface area contributed by atoms with E-state index in [1.165, 1.54) is 31.1 Å². The van der Waals surface area contributed by atoms with Crippen LogP contribution in [0.5, 0.6) is 0 Å². The van der Waals surface area contributed by atoms with Crippen molar-refractivity contribution in [1.29, 1.82) is 0 Å². The molecule has 0 radical (unpaired) electrons. The zero-order valence-corrected chi connectivity index (χ0v) is 16.2. The lowest BCUT2D eigenvalue weighted by atomic mass is 10.1. The molecule has 5 amide bonds. The van der Waals surface area contributed by atoms with Gasteiger partial charge in [-0.2, -0.15) is 0 Å². The van der Waals surface area contributed by atoms with E-state index in [2.05, 4.69) is 5.32 Å². The Morgan fingerprint density at radius 3 is 2.41 bits per heavy atom. The van der Waals surface area contributed by atoms with Crippen LogP contribution in [0.15, 0.2) is 29.2 Å². The van der Waals surface area contributed by atoms with Gasteiger partial charge >= 0.3 is 12.1 Å². The number of benzene rings is 1. The first-order valence-corrected chi connectivity index (χ1v) is 10.1. The van der Waals surface area contributed by atoms with E-state index < -0.39 is 22.1 Å². The second-order valence-electron chi connectivity index (χ2n) is 6.43. The molecule has 1 aromatic carbocycles. The lowest BCUT2D eigenvalue weighted by Crippen LogP contribution is -2.46. The molecule has 10 heteroatoms. The second-order valence-corrected chi connectivity index (χ2v) is 8.12. The SMILES string of the molecule is CN(C)C(=O)NS(=O)(=O)c1ccc(CCNC(=O)N2CCCCC2=O)cc1. The zero-order valence-electron chi connectivity index (χ0n) is 15.4. The fourth-order valence-corrected chi connectivity index (χ4v) is 3.55. The molecule has 0 saturated carbocycles. The van der Waals surface area contributed by atoms with Crippen LogP contribution in [0.1, 0.15) is 24.8 Å². The van der Waals surface area contributed by atoms with Crippen molar-refractivity contribution in [1.82, 2.24) is 19.8 Å². The van der Waals surface area contributed by atoms with Gasteiger partial charge in [0.05, 0.1) is 4.90 Å². The van der Waals surface area contributed by atoms with Crippen molar-refractivity contribution in [2.75, 3.05) is 27.2 Å². The number of carbonyl (C=O) groups is 3. The quantitative estimate of drug-likeness (QED) is 0.767. The van der Waals surface area contributed by atoms with Crippen molar-refractivity contribution in [3.05, 3.63) is 29.8 Å². The third-order valence-electron chi connectivity index (χ3n) is 4.12. The number of piperidine rings is 1. The number of rotatable bonds is 5. The van der Waals surface area contributed by atoms with Crippen molar-refractivity contribution >= 4 is 28.0 Å². The first-order valence-electron chi connectivity index (χ1n) is 8.62. The molecule has 0 spiro atoms. The Balaban J connectivity index is 1.87. The fourth-order valence-electron chi connectivity index (χ4n) is 2.53. The van der Waals surface area contributed by atoms with Crippen LogP contribution in [0.3, 0.4) is 0 Å². The van der Waals surface area contributed by atoms with Crippen LogP contribution in [-0.4, -0.2) is 63.4 Å². The average Bonchev–Trinajstić information content (AvgIpc) is 2.62. The largest absolute Gasteiger partial charge is 0.337 e. The van der Waals surface area contributed by atoms with Gasteiger partial charge in [-0.25, -0.2) is 22.7 Å². The molecule has 9 nitrogen and oxygen atoms in total. The van der Waals surface area contributed by atoms with Crippen LogP contribution in [0.2, 0.25) is 0 Å². The first-order chi connectivity index (χ1) is 12.7. The summed E-state index contributed by atoms with van der Waals surface area (Å²) in [6.07, 6.45) is 2.51. The molecule has 1 aliphatic heterocycles. The highest BCUT2D eigenvalue weighted by Gasteiger charge is 2.23. The van der Waals surface area contributed by atoms with Crippen LogP contribution in [-0.2, 0) is 21.2 Å². The molecule has 1 aliphatic rings. The van der Waals surface area contributed by atoms with E-state index in [1.807, 2.05) is 4.72 Å². The minimum absolute atomic E-state index is 0.0237. The van der Waals surface area contributed by atoms with Gasteiger partial charge in [-0.1, -0.05) is 12.1 Å². The number of urea groups is 2. The van der Waals surface area contributed by atoms with Crippen molar-refractivity contribution in [3.8, 4) is 0 Å². The average molecular weight is 396 g/mol. The van der Waals surface area contributed by atoms with Crippen LogP contribution in [0, 0.1) is 0 Å². The summed E-state index contributed by atoms with van der Waals surface area (Å²) in [5, 5.41) is 2.70. The Morgan fingerprint density at radius 1 is 1.15 bits per heavy atom. The molecule has 2 rings (SSSR count).